The van der Waals surface area contributed by atoms with Gasteiger partial charge >= 0.3 is 0 Å². The SMILES string of the molecule is COCCC[C@]1(CO)CCCN(C(=O)c2cnc(C3CC3)[nH]c2=O)C1. The monoisotopic (exact) mass is 349 g/mol. The summed E-state index contributed by atoms with van der Waals surface area (Å²) in [6.07, 6.45) is 6.85. The van der Waals surface area contributed by atoms with E-state index < -0.39 is 0 Å². The van der Waals surface area contributed by atoms with Crippen molar-refractivity contribution in [3.05, 3.63) is 27.9 Å². The number of aromatic amines is 1. The minimum Gasteiger partial charge on any atom is -0.396 e. The van der Waals surface area contributed by atoms with Gasteiger partial charge in [-0.1, -0.05) is 0 Å². The third-order valence-electron chi connectivity index (χ3n) is 5.35. The van der Waals surface area contributed by atoms with Gasteiger partial charge in [0.2, 0.25) is 0 Å². The molecule has 1 aromatic heterocycles. The van der Waals surface area contributed by atoms with Crippen molar-refractivity contribution in [2.75, 3.05) is 33.4 Å². The molecule has 0 spiro atoms. The molecule has 1 amide bonds. The predicted octanol–water partition coefficient (Wildman–Crippen LogP) is 1.29. The Bertz CT molecular complexity index is 671. The van der Waals surface area contributed by atoms with Gasteiger partial charge in [0, 0.05) is 44.3 Å². The van der Waals surface area contributed by atoms with Crippen LogP contribution < -0.4 is 5.56 Å². The van der Waals surface area contributed by atoms with Gasteiger partial charge in [-0.15, -0.1) is 0 Å². The number of rotatable bonds is 7. The van der Waals surface area contributed by atoms with Gasteiger partial charge in [0.25, 0.3) is 11.5 Å². The van der Waals surface area contributed by atoms with Gasteiger partial charge in [0.05, 0.1) is 6.61 Å². The van der Waals surface area contributed by atoms with Crippen LogP contribution in [0.4, 0.5) is 0 Å². The van der Waals surface area contributed by atoms with Crippen molar-refractivity contribution >= 4 is 5.91 Å². The molecule has 0 radical (unpaired) electrons. The zero-order valence-corrected chi connectivity index (χ0v) is 14.8. The van der Waals surface area contributed by atoms with Crippen LogP contribution in [0.5, 0.6) is 0 Å². The van der Waals surface area contributed by atoms with E-state index in [4.69, 9.17) is 4.74 Å². The Kier molecular flexibility index (Phi) is 5.54. The van der Waals surface area contributed by atoms with Gasteiger partial charge in [-0.3, -0.25) is 9.59 Å². The van der Waals surface area contributed by atoms with Gasteiger partial charge < -0.3 is 19.7 Å². The van der Waals surface area contributed by atoms with Gasteiger partial charge in [-0.25, -0.2) is 4.98 Å². The zero-order valence-electron chi connectivity index (χ0n) is 14.8. The summed E-state index contributed by atoms with van der Waals surface area (Å²) < 4.78 is 5.10. The number of H-pyrrole nitrogens is 1. The molecule has 0 aromatic carbocycles. The molecule has 1 saturated heterocycles. The highest BCUT2D eigenvalue weighted by Crippen LogP contribution is 2.37. The molecule has 7 nitrogen and oxygen atoms in total. The number of methoxy groups -OCH3 is 1. The lowest BCUT2D eigenvalue weighted by Crippen LogP contribution is -2.49. The molecule has 1 aromatic rings. The molecule has 3 rings (SSSR count). The molecular formula is C18H27N3O4. The number of nitrogens with zero attached hydrogens (tertiary/aromatic N) is 2. The summed E-state index contributed by atoms with van der Waals surface area (Å²) in [7, 11) is 1.66. The molecule has 0 unspecified atom stereocenters. The standard InChI is InChI=1S/C18H27N3O4/c1-25-9-3-7-18(12-22)6-2-8-21(11-18)17(24)14-10-19-15(13-4-5-13)20-16(14)23/h10,13,22H,2-9,11-12H2,1H3,(H,19,20,23)/t18-/m1/s1. The van der Waals surface area contributed by atoms with E-state index in [1.807, 2.05) is 0 Å². The maximum Gasteiger partial charge on any atom is 0.263 e. The Morgan fingerprint density at radius 1 is 1.52 bits per heavy atom. The Balaban J connectivity index is 1.71. The fourth-order valence-electron chi connectivity index (χ4n) is 3.68. The molecule has 7 heteroatoms. The lowest BCUT2D eigenvalue weighted by atomic mass is 9.77. The minimum atomic E-state index is -0.360. The first-order valence-corrected chi connectivity index (χ1v) is 9.07. The first-order valence-electron chi connectivity index (χ1n) is 9.07. The molecule has 1 aliphatic heterocycles. The summed E-state index contributed by atoms with van der Waals surface area (Å²) in [5, 5.41) is 9.91. The number of nitrogens with one attached hydrogen (secondary N) is 1. The summed E-state index contributed by atoms with van der Waals surface area (Å²) in [5.41, 5.74) is -0.572. The highest BCUT2D eigenvalue weighted by Gasteiger charge is 2.37. The minimum absolute atomic E-state index is 0.0374. The number of aliphatic hydroxyl groups excluding tert-OH is 1. The molecule has 2 heterocycles. The summed E-state index contributed by atoms with van der Waals surface area (Å²) in [5.74, 6) is 0.736. The lowest BCUT2D eigenvalue weighted by Gasteiger charge is -2.42. The quantitative estimate of drug-likeness (QED) is 0.723. The third kappa shape index (κ3) is 4.10. The second-order valence-corrected chi connectivity index (χ2v) is 7.37. The van der Waals surface area contributed by atoms with E-state index in [1.54, 1.807) is 12.0 Å². The van der Waals surface area contributed by atoms with Crippen LogP contribution in [-0.4, -0.2) is 59.3 Å². The van der Waals surface area contributed by atoms with Crippen molar-refractivity contribution in [3.8, 4) is 0 Å². The van der Waals surface area contributed by atoms with Crippen molar-refractivity contribution in [2.24, 2.45) is 5.41 Å². The highest BCUT2D eigenvalue weighted by molar-refractivity contribution is 5.93. The number of aliphatic hydroxyl groups is 1. The summed E-state index contributed by atoms with van der Waals surface area (Å²) in [6.45, 7) is 1.75. The number of aromatic nitrogens is 2. The second kappa shape index (κ2) is 7.66. The molecule has 1 aliphatic carbocycles. The number of hydrogen-bond donors (Lipinski definition) is 2. The topological polar surface area (TPSA) is 95.5 Å². The summed E-state index contributed by atoms with van der Waals surface area (Å²) in [4.78, 5) is 33.8. The van der Waals surface area contributed by atoms with E-state index >= 15 is 0 Å². The molecule has 2 N–H and O–H groups in total. The molecule has 2 fully saturated rings. The summed E-state index contributed by atoms with van der Waals surface area (Å²) >= 11 is 0. The lowest BCUT2D eigenvalue weighted by molar-refractivity contribution is 0.0179. The predicted molar refractivity (Wildman–Crippen MR) is 92.6 cm³/mol. The van der Waals surface area contributed by atoms with Crippen LogP contribution in [0, 0.1) is 5.41 Å². The third-order valence-corrected chi connectivity index (χ3v) is 5.35. The molecule has 2 aliphatic rings. The zero-order chi connectivity index (χ0) is 17.9. The number of hydrogen-bond acceptors (Lipinski definition) is 5. The number of carbonyl (C=O) groups is 1. The van der Waals surface area contributed by atoms with E-state index in [-0.39, 0.29) is 29.1 Å². The molecule has 0 bridgehead atoms. The fraction of sp³-hybridized carbons (Fsp3) is 0.722. The maximum atomic E-state index is 12.8. The number of ether oxygens (including phenoxy) is 1. The Morgan fingerprint density at radius 2 is 2.32 bits per heavy atom. The van der Waals surface area contributed by atoms with Gasteiger partial charge in [0.1, 0.15) is 11.4 Å². The molecule has 1 saturated carbocycles. The molecule has 25 heavy (non-hydrogen) atoms. The van der Waals surface area contributed by atoms with Crippen molar-refractivity contribution in [3.63, 3.8) is 0 Å². The van der Waals surface area contributed by atoms with E-state index in [2.05, 4.69) is 9.97 Å². The molecular weight excluding hydrogens is 322 g/mol. The second-order valence-electron chi connectivity index (χ2n) is 7.37. The van der Waals surface area contributed by atoms with Crippen LogP contribution in [0.3, 0.4) is 0 Å². The van der Waals surface area contributed by atoms with Crippen LogP contribution in [0.25, 0.3) is 0 Å². The number of carbonyl (C=O) groups excluding carboxylic acids is 1. The van der Waals surface area contributed by atoms with E-state index in [1.165, 1.54) is 6.20 Å². The van der Waals surface area contributed by atoms with Gasteiger partial charge in [-0.2, -0.15) is 0 Å². The van der Waals surface area contributed by atoms with Gasteiger partial charge in [0.15, 0.2) is 0 Å². The first kappa shape index (κ1) is 18.1. The Labute approximate surface area is 147 Å². The Morgan fingerprint density at radius 3 is 2.96 bits per heavy atom. The van der Waals surface area contributed by atoms with E-state index in [9.17, 15) is 14.7 Å². The van der Waals surface area contributed by atoms with Crippen molar-refractivity contribution < 1.29 is 14.6 Å². The number of piperidine rings is 1. The van der Waals surface area contributed by atoms with Crippen molar-refractivity contribution in [2.45, 2.75) is 44.4 Å². The molecule has 138 valence electrons. The smallest absolute Gasteiger partial charge is 0.263 e. The van der Waals surface area contributed by atoms with E-state index in [0.717, 1.165) is 38.5 Å². The first-order chi connectivity index (χ1) is 12.1. The van der Waals surface area contributed by atoms with Crippen molar-refractivity contribution in [1.29, 1.82) is 0 Å². The fourth-order valence-corrected chi connectivity index (χ4v) is 3.68. The average Bonchev–Trinajstić information content (AvgIpc) is 3.47. The average molecular weight is 349 g/mol. The summed E-state index contributed by atoms with van der Waals surface area (Å²) in [6, 6.07) is 0. The Hall–Kier alpha value is -1.73. The van der Waals surface area contributed by atoms with E-state index in [0.29, 0.717) is 31.4 Å². The maximum absolute atomic E-state index is 12.8. The normalized spacial score (nSPS) is 23.7. The van der Waals surface area contributed by atoms with Crippen LogP contribution in [-0.2, 0) is 4.74 Å². The van der Waals surface area contributed by atoms with Crippen LogP contribution in [0.2, 0.25) is 0 Å². The van der Waals surface area contributed by atoms with Crippen LogP contribution in [0.1, 0.15) is 60.6 Å². The van der Waals surface area contributed by atoms with Crippen LogP contribution >= 0.6 is 0 Å². The number of likely N-dealkylation sites (tertiary alicyclic amines) is 1. The van der Waals surface area contributed by atoms with Gasteiger partial charge in [-0.05, 0) is 38.5 Å². The number of amides is 1. The van der Waals surface area contributed by atoms with Crippen molar-refractivity contribution in [1.82, 2.24) is 14.9 Å². The van der Waals surface area contributed by atoms with Crippen LogP contribution in [0.15, 0.2) is 11.0 Å². The highest BCUT2D eigenvalue weighted by atomic mass is 16.5. The largest absolute Gasteiger partial charge is 0.396 e. The molecule has 1 atom stereocenters.